The predicted molar refractivity (Wildman–Crippen MR) is 67.1 cm³/mol. The smallest absolute Gasteiger partial charge is 0.0870 e. The highest BCUT2D eigenvalue weighted by molar-refractivity contribution is 5.55. The van der Waals surface area contributed by atoms with Crippen LogP contribution in [-0.2, 0) is 19.9 Å². The van der Waals surface area contributed by atoms with Gasteiger partial charge >= 0.3 is 0 Å². The van der Waals surface area contributed by atoms with Gasteiger partial charge in [0, 0.05) is 31.9 Å². The van der Waals surface area contributed by atoms with Gasteiger partial charge in [-0.3, -0.25) is 4.68 Å². The van der Waals surface area contributed by atoms with Crippen molar-refractivity contribution < 1.29 is 0 Å². The van der Waals surface area contributed by atoms with Crippen LogP contribution in [0.25, 0.3) is 0 Å². The van der Waals surface area contributed by atoms with Crippen molar-refractivity contribution in [1.82, 2.24) is 15.0 Å². The molecule has 0 saturated carbocycles. The van der Waals surface area contributed by atoms with Crippen molar-refractivity contribution in [2.24, 2.45) is 7.05 Å². The number of rotatable bonds is 2. The van der Waals surface area contributed by atoms with Crippen LogP contribution in [0.4, 0.5) is 5.69 Å². The molecule has 3 rings (SSSR count). The topological polar surface area (TPSA) is 42.7 Å². The molecule has 1 aliphatic heterocycles. The first-order valence-corrected chi connectivity index (χ1v) is 6.02. The zero-order chi connectivity index (χ0) is 11.7. The zero-order valence-corrected chi connectivity index (χ0v) is 9.98. The largest absolute Gasteiger partial charge is 0.385 e. The van der Waals surface area contributed by atoms with Crippen LogP contribution in [0.2, 0.25) is 0 Å². The van der Waals surface area contributed by atoms with E-state index in [0.717, 1.165) is 18.7 Å². The van der Waals surface area contributed by atoms with Gasteiger partial charge in [0.05, 0.1) is 5.69 Å². The quantitative estimate of drug-likeness (QED) is 0.851. The summed E-state index contributed by atoms with van der Waals surface area (Å²) in [7, 11) is 1.89. The van der Waals surface area contributed by atoms with Crippen LogP contribution in [-0.4, -0.2) is 21.5 Å². The Hall–Kier alpha value is -1.84. The molecule has 0 saturated heterocycles. The minimum absolute atomic E-state index is 0.850. The highest BCUT2D eigenvalue weighted by Crippen LogP contribution is 2.23. The summed E-state index contributed by atoms with van der Waals surface area (Å²) in [5.74, 6) is 0. The van der Waals surface area contributed by atoms with E-state index in [1.54, 1.807) is 4.68 Å². The number of hydrogen-bond donors (Lipinski definition) is 1. The van der Waals surface area contributed by atoms with E-state index in [1.807, 2.05) is 13.2 Å². The van der Waals surface area contributed by atoms with Gasteiger partial charge in [-0.15, -0.1) is 5.10 Å². The van der Waals surface area contributed by atoms with Gasteiger partial charge < -0.3 is 5.32 Å². The molecular weight excluding hydrogens is 212 g/mol. The summed E-state index contributed by atoms with van der Waals surface area (Å²) in [6, 6.07) is 6.66. The molecular formula is C13H16N4. The molecule has 1 aromatic carbocycles. The Morgan fingerprint density at radius 2 is 2.35 bits per heavy atom. The number of aromatic nitrogens is 3. The Labute approximate surface area is 101 Å². The van der Waals surface area contributed by atoms with Crippen LogP contribution >= 0.6 is 0 Å². The third-order valence-electron chi connectivity index (χ3n) is 3.15. The fourth-order valence-electron chi connectivity index (χ4n) is 2.30. The molecule has 0 bridgehead atoms. The molecule has 2 aromatic rings. The molecule has 0 radical (unpaired) electrons. The number of fused-ring (bicyclic) bond motifs is 1. The lowest BCUT2D eigenvalue weighted by Crippen LogP contribution is -2.11. The number of benzene rings is 1. The summed E-state index contributed by atoms with van der Waals surface area (Å²) >= 11 is 0. The van der Waals surface area contributed by atoms with Crippen molar-refractivity contribution >= 4 is 5.69 Å². The second-order valence-corrected chi connectivity index (χ2v) is 4.58. The Balaban J connectivity index is 1.84. The van der Waals surface area contributed by atoms with Gasteiger partial charge in [0.1, 0.15) is 0 Å². The van der Waals surface area contributed by atoms with Gasteiger partial charge in [-0.2, -0.15) is 0 Å². The summed E-state index contributed by atoms with van der Waals surface area (Å²) < 4.78 is 1.74. The third kappa shape index (κ3) is 2.16. The van der Waals surface area contributed by atoms with Gasteiger partial charge in [-0.25, -0.2) is 0 Å². The predicted octanol–water partition coefficient (Wildman–Crippen LogP) is 1.76. The number of hydrogen-bond acceptors (Lipinski definition) is 3. The van der Waals surface area contributed by atoms with Crippen LogP contribution in [0, 0.1) is 0 Å². The highest BCUT2D eigenvalue weighted by atomic mass is 15.4. The molecule has 0 aliphatic carbocycles. The molecule has 1 aliphatic rings. The molecule has 0 amide bonds. The summed E-state index contributed by atoms with van der Waals surface area (Å²) in [5.41, 5.74) is 5.03. The van der Waals surface area contributed by atoms with E-state index in [0.29, 0.717) is 0 Å². The molecule has 0 atom stereocenters. The number of nitrogens with one attached hydrogen (secondary N) is 1. The summed E-state index contributed by atoms with van der Waals surface area (Å²) in [4.78, 5) is 0. The highest BCUT2D eigenvalue weighted by Gasteiger charge is 2.09. The Bertz CT molecular complexity index is 530. The van der Waals surface area contributed by atoms with Crippen molar-refractivity contribution in [3.05, 3.63) is 41.2 Å². The second-order valence-electron chi connectivity index (χ2n) is 4.58. The molecule has 0 unspecified atom stereocenters. The van der Waals surface area contributed by atoms with Gasteiger partial charge in [-0.1, -0.05) is 17.3 Å². The SMILES string of the molecule is Cn1cc(Cc2ccc3c(c2)NCCC3)nn1. The first-order chi connectivity index (χ1) is 8.31. The minimum Gasteiger partial charge on any atom is -0.385 e. The van der Waals surface area contributed by atoms with Gasteiger partial charge in [0.15, 0.2) is 0 Å². The fourth-order valence-corrected chi connectivity index (χ4v) is 2.30. The van der Waals surface area contributed by atoms with E-state index < -0.39 is 0 Å². The molecule has 1 N–H and O–H groups in total. The van der Waals surface area contributed by atoms with E-state index >= 15 is 0 Å². The first-order valence-electron chi connectivity index (χ1n) is 6.02. The van der Waals surface area contributed by atoms with E-state index in [-0.39, 0.29) is 0 Å². The zero-order valence-electron chi connectivity index (χ0n) is 9.98. The van der Waals surface area contributed by atoms with E-state index in [2.05, 4.69) is 33.8 Å². The van der Waals surface area contributed by atoms with Gasteiger partial charge in [-0.05, 0) is 30.0 Å². The Morgan fingerprint density at radius 3 is 3.18 bits per heavy atom. The molecule has 4 heteroatoms. The Kier molecular flexibility index (Phi) is 2.55. The molecule has 0 fully saturated rings. The van der Waals surface area contributed by atoms with Crippen LogP contribution in [0.1, 0.15) is 23.2 Å². The lowest BCUT2D eigenvalue weighted by Gasteiger charge is -2.18. The molecule has 0 spiro atoms. The average Bonchev–Trinajstić information content (AvgIpc) is 2.75. The van der Waals surface area contributed by atoms with Crippen molar-refractivity contribution in [1.29, 1.82) is 0 Å². The van der Waals surface area contributed by atoms with Crippen LogP contribution in [0.5, 0.6) is 0 Å². The van der Waals surface area contributed by atoms with E-state index in [4.69, 9.17) is 0 Å². The molecule has 88 valence electrons. The van der Waals surface area contributed by atoms with Gasteiger partial charge in [0.25, 0.3) is 0 Å². The van der Waals surface area contributed by atoms with Crippen molar-refractivity contribution in [2.45, 2.75) is 19.3 Å². The maximum Gasteiger partial charge on any atom is 0.0870 e. The summed E-state index contributed by atoms with van der Waals surface area (Å²) in [6.07, 6.45) is 5.24. The van der Waals surface area contributed by atoms with Crippen LogP contribution in [0.3, 0.4) is 0 Å². The van der Waals surface area contributed by atoms with Crippen molar-refractivity contribution in [2.75, 3.05) is 11.9 Å². The van der Waals surface area contributed by atoms with Crippen LogP contribution in [0.15, 0.2) is 24.4 Å². The van der Waals surface area contributed by atoms with Crippen molar-refractivity contribution in [3.8, 4) is 0 Å². The Morgan fingerprint density at radius 1 is 1.41 bits per heavy atom. The minimum atomic E-state index is 0.850. The summed E-state index contributed by atoms with van der Waals surface area (Å²) in [6.45, 7) is 1.08. The van der Waals surface area contributed by atoms with E-state index in [9.17, 15) is 0 Å². The first kappa shape index (κ1) is 10.3. The van der Waals surface area contributed by atoms with E-state index in [1.165, 1.54) is 29.7 Å². The number of anilines is 1. The molecule has 4 nitrogen and oxygen atoms in total. The molecule has 17 heavy (non-hydrogen) atoms. The second kappa shape index (κ2) is 4.20. The molecule has 1 aromatic heterocycles. The average molecular weight is 228 g/mol. The molecule has 2 heterocycles. The maximum absolute atomic E-state index is 4.12. The van der Waals surface area contributed by atoms with Gasteiger partial charge in [0.2, 0.25) is 0 Å². The van der Waals surface area contributed by atoms with Crippen molar-refractivity contribution in [3.63, 3.8) is 0 Å². The number of nitrogens with zero attached hydrogens (tertiary/aromatic N) is 3. The third-order valence-corrected chi connectivity index (χ3v) is 3.15. The standard InChI is InChI=1S/C13H16N4/c1-17-9-12(15-16-17)7-10-4-5-11-3-2-6-14-13(11)8-10/h4-5,8-9,14H,2-3,6-7H2,1H3. The van der Waals surface area contributed by atoms with Crippen LogP contribution < -0.4 is 5.32 Å². The lowest BCUT2D eigenvalue weighted by molar-refractivity contribution is 0.713. The maximum atomic E-state index is 4.12. The number of aryl methyl sites for hydroxylation is 2. The normalized spacial score (nSPS) is 14.2. The fraction of sp³-hybridized carbons (Fsp3) is 0.385. The monoisotopic (exact) mass is 228 g/mol. The lowest BCUT2D eigenvalue weighted by atomic mass is 10.00. The summed E-state index contributed by atoms with van der Waals surface area (Å²) in [5, 5.41) is 11.5.